The van der Waals surface area contributed by atoms with Crippen LogP contribution >= 0.6 is 0 Å². The minimum Gasteiger partial charge on any atom is -0.383 e. The van der Waals surface area contributed by atoms with E-state index in [1.54, 1.807) is 0 Å². The number of aromatic nitrogens is 1. The molecule has 2 heteroatoms. The van der Waals surface area contributed by atoms with Gasteiger partial charge >= 0.3 is 0 Å². The van der Waals surface area contributed by atoms with E-state index in [0.29, 0.717) is 0 Å². The Balaban J connectivity index is 2.95. The molecule has 13 heavy (non-hydrogen) atoms. The molecule has 0 aromatic carbocycles. The highest BCUT2D eigenvalue weighted by Crippen LogP contribution is 2.13. The molecule has 0 unspecified atom stereocenters. The third-order valence-electron chi connectivity index (χ3n) is 1.80. The summed E-state index contributed by atoms with van der Waals surface area (Å²) in [7, 11) is 4.05. The molecule has 0 N–H and O–H groups in total. The number of allylic oxidation sites excluding steroid dienone is 1. The van der Waals surface area contributed by atoms with Gasteiger partial charge in [-0.25, -0.2) is 0 Å². The quantitative estimate of drug-likeness (QED) is 0.687. The number of pyridine rings is 1. The van der Waals surface area contributed by atoms with Gasteiger partial charge in [0, 0.05) is 32.2 Å². The SMILES string of the molecule is CC(=CN(C)C)c1ccnc(C)c1. The van der Waals surface area contributed by atoms with Crippen LogP contribution in [0.1, 0.15) is 18.2 Å². The molecule has 0 fully saturated rings. The summed E-state index contributed by atoms with van der Waals surface area (Å²) >= 11 is 0. The third kappa shape index (κ3) is 2.90. The molecule has 0 atom stereocenters. The molecule has 0 aliphatic carbocycles. The highest BCUT2D eigenvalue weighted by Gasteiger charge is 1.96. The fourth-order valence-electron chi connectivity index (χ4n) is 1.25. The predicted octanol–water partition coefficient (Wildman–Crippen LogP) is 2.31. The van der Waals surface area contributed by atoms with Gasteiger partial charge in [0.05, 0.1) is 0 Å². The van der Waals surface area contributed by atoms with Crippen molar-refractivity contribution < 1.29 is 0 Å². The summed E-state index contributed by atoms with van der Waals surface area (Å²) in [4.78, 5) is 6.21. The topological polar surface area (TPSA) is 16.1 Å². The molecule has 1 heterocycles. The van der Waals surface area contributed by atoms with E-state index in [-0.39, 0.29) is 0 Å². The van der Waals surface area contributed by atoms with Gasteiger partial charge in [-0.15, -0.1) is 0 Å². The summed E-state index contributed by atoms with van der Waals surface area (Å²) in [6.07, 6.45) is 3.95. The van der Waals surface area contributed by atoms with Crippen LogP contribution in [0.15, 0.2) is 24.5 Å². The van der Waals surface area contributed by atoms with Crippen molar-refractivity contribution in [1.82, 2.24) is 9.88 Å². The van der Waals surface area contributed by atoms with Crippen molar-refractivity contribution in [3.8, 4) is 0 Å². The summed E-state index contributed by atoms with van der Waals surface area (Å²) in [6.45, 7) is 4.11. The molecule has 0 saturated carbocycles. The standard InChI is InChI=1S/C11H16N2/c1-9(8-13(3)4)11-5-6-12-10(2)7-11/h5-8H,1-4H3. The van der Waals surface area contributed by atoms with E-state index in [4.69, 9.17) is 0 Å². The van der Waals surface area contributed by atoms with Gasteiger partial charge in [-0.05, 0) is 37.1 Å². The second kappa shape index (κ2) is 4.08. The lowest BCUT2D eigenvalue weighted by Gasteiger charge is -2.08. The molecule has 1 aromatic rings. The molecule has 0 aliphatic heterocycles. The fraction of sp³-hybridized carbons (Fsp3) is 0.364. The first-order valence-corrected chi connectivity index (χ1v) is 4.37. The van der Waals surface area contributed by atoms with Gasteiger partial charge in [-0.2, -0.15) is 0 Å². The molecule has 0 bridgehead atoms. The zero-order chi connectivity index (χ0) is 9.84. The van der Waals surface area contributed by atoms with E-state index in [9.17, 15) is 0 Å². The van der Waals surface area contributed by atoms with Crippen molar-refractivity contribution in [3.63, 3.8) is 0 Å². The number of aryl methyl sites for hydroxylation is 1. The number of nitrogens with zero attached hydrogens (tertiary/aromatic N) is 2. The van der Waals surface area contributed by atoms with Crippen LogP contribution in [-0.4, -0.2) is 24.0 Å². The lowest BCUT2D eigenvalue weighted by Crippen LogP contribution is -2.01. The van der Waals surface area contributed by atoms with E-state index in [1.165, 1.54) is 11.1 Å². The van der Waals surface area contributed by atoms with Gasteiger partial charge < -0.3 is 4.90 Å². The van der Waals surface area contributed by atoms with Gasteiger partial charge in [0.15, 0.2) is 0 Å². The van der Waals surface area contributed by atoms with E-state index in [1.807, 2.05) is 38.2 Å². The number of hydrogen-bond donors (Lipinski definition) is 0. The van der Waals surface area contributed by atoms with Crippen molar-refractivity contribution in [2.75, 3.05) is 14.1 Å². The van der Waals surface area contributed by atoms with E-state index in [2.05, 4.69) is 24.2 Å². The fourth-order valence-corrected chi connectivity index (χ4v) is 1.25. The first-order chi connectivity index (χ1) is 6.09. The third-order valence-corrected chi connectivity index (χ3v) is 1.80. The van der Waals surface area contributed by atoms with Crippen LogP contribution in [0, 0.1) is 6.92 Å². The molecule has 0 amide bonds. The zero-order valence-electron chi connectivity index (χ0n) is 8.70. The largest absolute Gasteiger partial charge is 0.383 e. The average Bonchev–Trinajstić information content (AvgIpc) is 2.03. The Bertz CT molecular complexity index is 314. The second-order valence-corrected chi connectivity index (χ2v) is 3.46. The van der Waals surface area contributed by atoms with Crippen LogP contribution in [0.5, 0.6) is 0 Å². The Kier molecular flexibility index (Phi) is 3.07. The van der Waals surface area contributed by atoms with Gasteiger partial charge in [-0.1, -0.05) is 0 Å². The summed E-state index contributed by atoms with van der Waals surface area (Å²) in [5, 5.41) is 0. The molecular formula is C11H16N2. The van der Waals surface area contributed by atoms with Crippen LogP contribution in [0.2, 0.25) is 0 Å². The first kappa shape index (κ1) is 9.78. The molecule has 0 radical (unpaired) electrons. The Morgan fingerprint density at radius 3 is 2.69 bits per heavy atom. The van der Waals surface area contributed by atoms with Gasteiger partial charge in [0.1, 0.15) is 0 Å². The number of rotatable bonds is 2. The lowest BCUT2D eigenvalue weighted by atomic mass is 10.1. The van der Waals surface area contributed by atoms with Crippen LogP contribution in [0.4, 0.5) is 0 Å². The van der Waals surface area contributed by atoms with E-state index in [0.717, 1.165) is 5.69 Å². The Hall–Kier alpha value is -1.31. The number of hydrogen-bond acceptors (Lipinski definition) is 2. The molecule has 0 spiro atoms. The molecule has 2 nitrogen and oxygen atoms in total. The molecule has 0 aliphatic rings. The Morgan fingerprint density at radius 1 is 1.46 bits per heavy atom. The summed E-state index contributed by atoms with van der Waals surface area (Å²) in [5.41, 5.74) is 3.56. The zero-order valence-corrected chi connectivity index (χ0v) is 8.70. The maximum atomic E-state index is 4.16. The highest BCUT2D eigenvalue weighted by atomic mass is 15.0. The minimum atomic E-state index is 1.06. The normalized spacial score (nSPS) is 11.5. The molecule has 0 saturated heterocycles. The molecule has 1 rings (SSSR count). The average molecular weight is 176 g/mol. The van der Waals surface area contributed by atoms with Crippen LogP contribution < -0.4 is 0 Å². The predicted molar refractivity (Wildman–Crippen MR) is 56.3 cm³/mol. The van der Waals surface area contributed by atoms with Crippen LogP contribution in [0.25, 0.3) is 5.57 Å². The van der Waals surface area contributed by atoms with Crippen molar-refractivity contribution in [2.45, 2.75) is 13.8 Å². The van der Waals surface area contributed by atoms with Gasteiger partial charge in [-0.3, -0.25) is 4.98 Å². The monoisotopic (exact) mass is 176 g/mol. The van der Waals surface area contributed by atoms with Crippen LogP contribution in [-0.2, 0) is 0 Å². The maximum absolute atomic E-state index is 4.16. The van der Waals surface area contributed by atoms with Crippen molar-refractivity contribution in [1.29, 1.82) is 0 Å². The summed E-state index contributed by atoms with van der Waals surface area (Å²) in [5.74, 6) is 0. The van der Waals surface area contributed by atoms with Crippen molar-refractivity contribution in [2.24, 2.45) is 0 Å². The van der Waals surface area contributed by atoms with Crippen molar-refractivity contribution >= 4 is 5.57 Å². The smallest absolute Gasteiger partial charge is 0.0378 e. The van der Waals surface area contributed by atoms with Crippen molar-refractivity contribution in [3.05, 3.63) is 35.8 Å². The minimum absolute atomic E-state index is 1.06. The first-order valence-electron chi connectivity index (χ1n) is 4.37. The maximum Gasteiger partial charge on any atom is 0.0378 e. The van der Waals surface area contributed by atoms with Crippen LogP contribution in [0.3, 0.4) is 0 Å². The summed E-state index contributed by atoms with van der Waals surface area (Å²) < 4.78 is 0. The molecule has 70 valence electrons. The van der Waals surface area contributed by atoms with Gasteiger partial charge in [0.25, 0.3) is 0 Å². The Morgan fingerprint density at radius 2 is 2.15 bits per heavy atom. The lowest BCUT2D eigenvalue weighted by molar-refractivity contribution is 0.565. The highest BCUT2D eigenvalue weighted by molar-refractivity contribution is 5.63. The van der Waals surface area contributed by atoms with E-state index < -0.39 is 0 Å². The second-order valence-electron chi connectivity index (χ2n) is 3.46. The Labute approximate surface area is 79.9 Å². The molecule has 1 aromatic heterocycles. The van der Waals surface area contributed by atoms with E-state index >= 15 is 0 Å². The molecular weight excluding hydrogens is 160 g/mol. The summed E-state index contributed by atoms with van der Waals surface area (Å²) in [6, 6.07) is 4.12. The van der Waals surface area contributed by atoms with Gasteiger partial charge in [0.2, 0.25) is 0 Å².